The minimum atomic E-state index is -0.704. The van der Waals surface area contributed by atoms with Crippen LogP contribution in [-0.4, -0.2) is 42.5 Å². The molecule has 0 aliphatic carbocycles. The molecule has 1 saturated heterocycles. The van der Waals surface area contributed by atoms with Crippen molar-refractivity contribution < 1.29 is 4.79 Å². The lowest BCUT2D eigenvalue weighted by atomic mass is 9.72. The molecule has 0 unspecified atom stereocenters. The Balaban J connectivity index is 1.54. The monoisotopic (exact) mass is 473 g/mol. The van der Waals surface area contributed by atoms with E-state index < -0.39 is 5.41 Å². The number of hydrazine groups is 1. The van der Waals surface area contributed by atoms with Crippen LogP contribution >= 0.6 is 11.6 Å². The summed E-state index contributed by atoms with van der Waals surface area (Å²) >= 11 is 6.46. The number of anilines is 1. The van der Waals surface area contributed by atoms with E-state index in [0.29, 0.717) is 11.6 Å². The standard InChI is InChI=1S/C29H32ClN3O/c1-31(22-23-12-6-8-16-26(23)30)33-27-17-9-7-15-25(27)29(28(33)34,24-13-4-2-5-14-24)18-21-32-19-10-3-11-20-32/h2,4-9,12-17H,3,10-11,18-22H2,1H3/t29-/m0/s1. The Kier molecular flexibility index (Phi) is 6.73. The number of piperidine rings is 1. The number of carbonyl (C=O) groups is 1. The molecule has 3 aromatic rings. The number of likely N-dealkylation sites (tertiary alicyclic amines) is 1. The fraction of sp³-hybridized carbons (Fsp3) is 0.345. The lowest BCUT2D eigenvalue weighted by molar-refractivity contribution is -0.125. The van der Waals surface area contributed by atoms with Crippen LogP contribution in [0.15, 0.2) is 78.9 Å². The maximum Gasteiger partial charge on any atom is 0.256 e. The molecule has 0 bridgehead atoms. The second-order valence-electron chi connectivity index (χ2n) is 9.46. The predicted octanol–water partition coefficient (Wildman–Crippen LogP) is 5.90. The lowest BCUT2D eigenvalue weighted by Crippen LogP contribution is -2.49. The molecule has 0 radical (unpaired) electrons. The smallest absolute Gasteiger partial charge is 0.256 e. The van der Waals surface area contributed by atoms with Gasteiger partial charge in [0, 0.05) is 18.6 Å². The van der Waals surface area contributed by atoms with Crippen molar-refractivity contribution in [3.8, 4) is 0 Å². The highest BCUT2D eigenvalue weighted by Gasteiger charge is 2.53. The zero-order valence-corrected chi connectivity index (χ0v) is 20.5. The van der Waals surface area contributed by atoms with Gasteiger partial charge in [0.25, 0.3) is 5.91 Å². The molecule has 0 saturated carbocycles. The quantitative estimate of drug-likeness (QED) is 0.427. The van der Waals surface area contributed by atoms with Gasteiger partial charge >= 0.3 is 0 Å². The van der Waals surface area contributed by atoms with Crippen molar-refractivity contribution in [1.82, 2.24) is 9.91 Å². The summed E-state index contributed by atoms with van der Waals surface area (Å²) in [6.07, 6.45) is 4.57. The molecular weight excluding hydrogens is 442 g/mol. The number of benzene rings is 3. The van der Waals surface area contributed by atoms with E-state index in [4.69, 9.17) is 11.6 Å². The van der Waals surface area contributed by atoms with Gasteiger partial charge in [-0.05, 0) is 67.7 Å². The van der Waals surface area contributed by atoms with Crippen molar-refractivity contribution in [3.05, 3.63) is 101 Å². The number of hydrogen-bond acceptors (Lipinski definition) is 3. The van der Waals surface area contributed by atoms with Gasteiger partial charge in [0.2, 0.25) is 0 Å². The van der Waals surface area contributed by atoms with Crippen molar-refractivity contribution in [2.75, 3.05) is 31.7 Å². The Bertz CT molecular complexity index is 1140. The largest absolute Gasteiger partial charge is 0.303 e. The first kappa shape index (κ1) is 23.1. The first-order valence-electron chi connectivity index (χ1n) is 12.3. The molecule has 2 aliphatic heterocycles. The molecule has 0 N–H and O–H groups in total. The van der Waals surface area contributed by atoms with E-state index in [1.54, 1.807) is 0 Å². The van der Waals surface area contributed by atoms with Gasteiger partial charge in [-0.1, -0.05) is 84.8 Å². The average Bonchev–Trinajstić information content (AvgIpc) is 3.13. The third-order valence-corrected chi connectivity index (χ3v) is 7.73. The third kappa shape index (κ3) is 4.15. The zero-order chi connectivity index (χ0) is 23.5. The fourth-order valence-corrected chi connectivity index (χ4v) is 5.80. The summed E-state index contributed by atoms with van der Waals surface area (Å²) in [6, 6.07) is 26.5. The predicted molar refractivity (Wildman–Crippen MR) is 139 cm³/mol. The Morgan fingerprint density at radius 2 is 1.56 bits per heavy atom. The van der Waals surface area contributed by atoms with Crippen molar-refractivity contribution in [3.63, 3.8) is 0 Å². The van der Waals surface area contributed by atoms with Crippen LogP contribution in [0, 0.1) is 0 Å². The first-order valence-corrected chi connectivity index (χ1v) is 12.7. The number of hydrogen-bond donors (Lipinski definition) is 0. The summed E-state index contributed by atoms with van der Waals surface area (Å²) in [5, 5.41) is 4.60. The Labute approximate surface area is 207 Å². The minimum absolute atomic E-state index is 0.117. The molecule has 0 aromatic heterocycles. The maximum atomic E-state index is 14.5. The molecule has 4 nitrogen and oxygen atoms in total. The molecule has 1 atom stereocenters. The normalized spacial score (nSPS) is 20.7. The van der Waals surface area contributed by atoms with Crippen LogP contribution in [0.4, 0.5) is 5.69 Å². The van der Waals surface area contributed by atoms with Crippen molar-refractivity contribution in [1.29, 1.82) is 0 Å². The molecular formula is C29H32ClN3O. The van der Waals surface area contributed by atoms with Crippen LogP contribution < -0.4 is 5.01 Å². The van der Waals surface area contributed by atoms with E-state index >= 15 is 0 Å². The number of halogens is 1. The fourth-order valence-electron chi connectivity index (χ4n) is 5.60. The van der Waals surface area contributed by atoms with Crippen molar-refractivity contribution >= 4 is 23.2 Å². The minimum Gasteiger partial charge on any atom is -0.303 e. The third-order valence-electron chi connectivity index (χ3n) is 7.37. The van der Waals surface area contributed by atoms with Gasteiger partial charge in [0.15, 0.2) is 0 Å². The lowest BCUT2D eigenvalue weighted by Gasteiger charge is -2.35. The maximum absolute atomic E-state index is 14.5. The highest BCUT2D eigenvalue weighted by Crippen LogP contribution is 2.49. The number of rotatable bonds is 7. The summed E-state index contributed by atoms with van der Waals surface area (Å²) in [5.41, 5.74) is 3.42. The molecule has 2 aliphatic rings. The van der Waals surface area contributed by atoms with Crippen LogP contribution in [-0.2, 0) is 16.8 Å². The number of para-hydroxylation sites is 1. The molecule has 176 valence electrons. The number of amides is 1. The van der Waals surface area contributed by atoms with Gasteiger partial charge in [-0.25, -0.2) is 10.0 Å². The van der Waals surface area contributed by atoms with E-state index in [-0.39, 0.29) is 5.91 Å². The van der Waals surface area contributed by atoms with Crippen LogP contribution in [0.3, 0.4) is 0 Å². The van der Waals surface area contributed by atoms with Crippen molar-refractivity contribution in [2.24, 2.45) is 0 Å². The van der Waals surface area contributed by atoms with Gasteiger partial charge in [0.05, 0.1) is 5.69 Å². The summed E-state index contributed by atoms with van der Waals surface area (Å²) < 4.78 is 0. The van der Waals surface area contributed by atoms with Crippen molar-refractivity contribution in [2.45, 2.75) is 37.6 Å². The van der Waals surface area contributed by atoms with Gasteiger partial charge in [-0.15, -0.1) is 0 Å². The highest BCUT2D eigenvalue weighted by atomic mass is 35.5. The van der Waals surface area contributed by atoms with E-state index in [2.05, 4.69) is 35.2 Å². The summed E-state index contributed by atoms with van der Waals surface area (Å²) in [5.74, 6) is 0.117. The van der Waals surface area contributed by atoms with E-state index in [0.717, 1.165) is 48.4 Å². The number of fused-ring (bicyclic) bond motifs is 1. The number of nitrogens with zero attached hydrogens (tertiary/aromatic N) is 3. The molecule has 1 fully saturated rings. The Morgan fingerprint density at radius 1 is 0.882 bits per heavy atom. The van der Waals surface area contributed by atoms with Crippen LogP contribution in [0.25, 0.3) is 0 Å². The molecule has 5 heteroatoms. The molecule has 2 heterocycles. The van der Waals surface area contributed by atoms with Crippen LogP contribution in [0.5, 0.6) is 0 Å². The summed E-state index contributed by atoms with van der Waals surface area (Å²) in [6.45, 7) is 3.71. The van der Waals surface area contributed by atoms with E-state index in [1.165, 1.54) is 19.3 Å². The van der Waals surface area contributed by atoms with Gasteiger partial charge in [0.1, 0.15) is 5.41 Å². The molecule has 3 aromatic carbocycles. The Morgan fingerprint density at radius 3 is 2.32 bits per heavy atom. The summed E-state index contributed by atoms with van der Waals surface area (Å²) in [7, 11) is 1.98. The zero-order valence-electron chi connectivity index (χ0n) is 19.8. The van der Waals surface area contributed by atoms with Gasteiger partial charge < -0.3 is 4.90 Å². The first-order chi connectivity index (χ1) is 16.6. The molecule has 5 rings (SSSR count). The summed E-state index contributed by atoms with van der Waals surface area (Å²) in [4.78, 5) is 17.0. The SMILES string of the molecule is CN(Cc1ccccc1Cl)N1C(=O)[C@@](CCN2CCCCC2)(c2ccccc2)c2ccccc21. The molecule has 34 heavy (non-hydrogen) atoms. The van der Waals surface area contributed by atoms with Crippen LogP contribution in [0.2, 0.25) is 5.02 Å². The Hall–Kier alpha value is -2.66. The second kappa shape index (κ2) is 9.91. The number of carbonyl (C=O) groups excluding carboxylic acids is 1. The molecule has 1 amide bonds. The van der Waals surface area contributed by atoms with Gasteiger partial charge in [-0.2, -0.15) is 0 Å². The molecule has 0 spiro atoms. The second-order valence-corrected chi connectivity index (χ2v) is 9.87. The average molecular weight is 474 g/mol. The topological polar surface area (TPSA) is 26.8 Å². The van der Waals surface area contributed by atoms with Gasteiger partial charge in [-0.3, -0.25) is 4.79 Å². The van der Waals surface area contributed by atoms with Crippen LogP contribution in [0.1, 0.15) is 42.4 Å². The highest BCUT2D eigenvalue weighted by molar-refractivity contribution is 6.31. The van der Waals surface area contributed by atoms with E-state index in [9.17, 15) is 4.79 Å². The van der Waals surface area contributed by atoms with E-state index in [1.807, 2.05) is 65.6 Å².